The number of aliphatic hydroxyl groups is 1. The van der Waals surface area contributed by atoms with Gasteiger partial charge in [-0.25, -0.2) is 0 Å². The lowest BCUT2D eigenvalue weighted by molar-refractivity contribution is -0.140. The molecule has 0 heterocycles. The summed E-state index contributed by atoms with van der Waals surface area (Å²) in [6, 6.07) is 7.90. The highest BCUT2D eigenvalue weighted by molar-refractivity contribution is 5.19. The lowest BCUT2D eigenvalue weighted by Crippen LogP contribution is -2.27. The molecular weight excluding hydrogens is 243 g/mol. The van der Waals surface area contributed by atoms with Crippen LogP contribution in [0.5, 0.6) is 0 Å². The number of nitrogens with one attached hydrogen (secondary N) is 1. The van der Waals surface area contributed by atoms with Crippen molar-refractivity contribution in [2.24, 2.45) is 0 Å². The van der Waals surface area contributed by atoms with Crippen LogP contribution in [0.4, 0.5) is 13.2 Å². The third-order valence-corrected chi connectivity index (χ3v) is 2.61. The molecular formula is C13H18F3NO. The van der Waals surface area contributed by atoms with Crippen molar-refractivity contribution >= 4 is 0 Å². The maximum Gasteiger partial charge on any atom is 0.390 e. The average molecular weight is 261 g/mol. The summed E-state index contributed by atoms with van der Waals surface area (Å²) in [5.41, 5.74) is 0.638. The van der Waals surface area contributed by atoms with Gasteiger partial charge in [0, 0.05) is 12.6 Å². The lowest BCUT2D eigenvalue weighted by atomic mass is 10.0. The van der Waals surface area contributed by atoms with Crippen molar-refractivity contribution < 1.29 is 18.3 Å². The summed E-state index contributed by atoms with van der Waals surface area (Å²) in [6.45, 7) is 0.535. The van der Waals surface area contributed by atoms with Crippen LogP contribution in [0.25, 0.3) is 0 Å². The fourth-order valence-corrected chi connectivity index (χ4v) is 1.74. The maximum absolute atomic E-state index is 12.5. The van der Waals surface area contributed by atoms with Gasteiger partial charge in [-0.2, -0.15) is 13.2 Å². The van der Waals surface area contributed by atoms with E-state index in [9.17, 15) is 13.2 Å². The van der Waals surface area contributed by atoms with Crippen LogP contribution < -0.4 is 5.32 Å². The van der Waals surface area contributed by atoms with Gasteiger partial charge in [0.25, 0.3) is 0 Å². The van der Waals surface area contributed by atoms with Crippen LogP contribution in [0, 0.1) is 0 Å². The molecule has 5 heteroatoms. The molecule has 1 aromatic carbocycles. The molecule has 0 saturated carbocycles. The van der Waals surface area contributed by atoms with Crippen LogP contribution in [0.15, 0.2) is 30.3 Å². The van der Waals surface area contributed by atoms with E-state index in [-0.39, 0.29) is 6.61 Å². The van der Waals surface area contributed by atoms with Gasteiger partial charge in [-0.3, -0.25) is 0 Å². The third kappa shape index (κ3) is 6.02. The predicted molar refractivity (Wildman–Crippen MR) is 64.2 cm³/mol. The summed E-state index contributed by atoms with van der Waals surface area (Å²) in [5.74, 6) is 0. The van der Waals surface area contributed by atoms with Gasteiger partial charge in [0.2, 0.25) is 0 Å². The number of halogens is 3. The molecule has 0 spiro atoms. The SMILES string of the molecule is OCCCCNC(CC(F)(F)F)c1ccccc1. The Morgan fingerprint density at radius 2 is 1.78 bits per heavy atom. The van der Waals surface area contributed by atoms with Crippen LogP contribution in [-0.2, 0) is 0 Å². The largest absolute Gasteiger partial charge is 0.396 e. The van der Waals surface area contributed by atoms with Gasteiger partial charge in [-0.15, -0.1) is 0 Å². The second-order valence-corrected chi connectivity index (χ2v) is 4.17. The molecule has 0 fully saturated rings. The summed E-state index contributed by atoms with van der Waals surface area (Å²) in [7, 11) is 0. The van der Waals surface area contributed by atoms with E-state index in [2.05, 4.69) is 5.32 Å². The van der Waals surface area contributed by atoms with Crippen molar-refractivity contribution in [3.63, 3.8) is 0 Å². The molecule has 0 aliphatic heterocycles. The zero-order valence-electron chi connectivity index (χ0n) is 10.1. The fourth-order valence-electron chi connectivity index (χ4n) is 1.74. The number of rotatable bonds is 7. The molecule has 0 aliphatic carbocycles. The molecule has 18 heavy (non-hydrogen) atoms. The van der Waals surface area contributed by atoms with Crippen molar-refractivity contribution in [2.75, 3.05) is 13.2 Å². The molecule has 1 unspecified atom stereocenters. The monoisotopic (exact) mass is 261 g/mol. The topological polar surface area (TPSA) is 32.3 Å². The molecule has 0 aliphatic rings. The standard InChI is InChI=1S/C13H18F3NO/c14-13(15,16)10-12(17-8-4-5-9-18)11-6-2-1-3-7-11/h1-3,6-7,12,17-18H,4-5,8-10H2. The Balaban J connectivity index is 2.58. The van der Waals surface area contributed by atoms with Gasteiger partial charge < -0.3 is 10.4 Å². The van der Waals surface area contributed by atoms with E-state index in [1.807, 2.05) is 0 Å². The van der Waals surface area contributed by atoms with Gasteiger partial charge in [0.05, 0.1) is 6.42 Å². The Bertz CT molecular complexity index is 327. The Kier molecular flexibility index (Phi) is 6.15. The van der Waals surface area contributed by atoms with Crippen LogP contribution in [-0.4, -0.2) is 24.4 Å². The Morgan fingerprint density at radius 1 is 1.11 bits per heavy atom. The summed E-state index contributed by atoms with van der Waals surface area (Å²) in [6.07, 6.45) is -3.81. The zero-order valence-corrected chi connectivity index (χ0v) is 10.1. The number of alkyl halides is 3. The molecule has 0 radical (unpaired) electrons. The minimum atomic E-state index is -4.19. The summed E-state index contributed by atoms with van der Waals surface area (Å²) in [4.78, 5) is 0. The number of benzene rings is 1. The van der Waals surface area contributed by atoms with E-state index in [0.717, 1.165) is 0 Å². The van der Waals surface area contributed by atoms with E-state index >= 15 is 0 Å². The summed E-state index contributed by atoms with van der Waals surface area (Å²) < 4.78 is 37.5. The first-order chi connectivity index (χ1) is 8.53. The van der Waals surface area contributed by atoms with Gasteiger partial charge in [-0.05, 0) is 24.9 Å². The van der Waals surface area contributed by atoms with Gasteiger partial charge in [0.15, 0.2) is 0 Å². The number of hydrogen-bond donors (Lipinski definition) is 2. The van der Waals surface area contributed by atoms with Gasteiger partial charge in [0.1, 0.15) is 0 Å². The minimum absolute atomic E-state index is 0.0664. The van der Waals surface area contributed by atoms with Crippen molar-refractivity contribution in [3.05, 3.63) is 35.9 Å². The Hall–Kier alpha value is -1.07. The minimum Gasteiger partial charge on any atom is -0.396 e. The quantitative estimate of drug-likeness (QED) is 0.739. The predicted octanol–water partition coefficient (Wildman–Crippen LogP) is 3.04. The second-order valence-electron chi connectivity index (χ2n) is 4.17. The van der Waals surface area contributed by atoms with Crippen molar-refractivity contribution in [3.8, 4) is 0 Å². The summed E-state index contributed by atoms with van der Waals surface area (Å²) in [5, 5.41) is 11.5. The van der Waals surface area contributed by atoms with E-state index in [4.69, 9.17) is 5.11 Å². The Morgan fingerprint density at radius 3 is 2.33 bits per heavy atom. The molecule has 0 bridgehead atoms. The fraction of sp³-hybridized carbons (Fsp3) is 0.538. The zero-order chi connectivity index (χ0) is 13.4. The highest BCUT2D eigenvalue weighted by Crippen LogP contribution is 2.29. The molecule has 2 nitrogen and oxygen atoms in total. The molecule has 2 N–H and O–H groups in total. The first kappa shape index (κ1) is 15.0. The molecule has 1 atom stereocenters. The third-order valence-electron chi connectivity index (χ3n) is 2.61. The van der Waals surface area contributed by atoms with E-state index < -0.39 is 18.6 Å². The molecule has 1 rings (SSSR count). The van der Waals surface area contributed by atoms with Crippen LogP contribution >= 0.6 is 0 Å². The van der Waals surface area contributed by atoms with E-state index in [0.29, 0.717) is 24.9 Å². The van der Waals surface area contributed by atoms with Crippen molar-refractivity contribution in [1.29, 1.82) is 0 Å². The van der Waals surface area contributed by atoms with Crippen LogP contribution in [0.1, 0.15) is 30.9 Å². The van der Waals surface area contributed by atoms with Gasteiger partial charge >= 0.3 is 6.18 Å². The van der Waals surface area contributed by atoms with Crippen molar-refractivity contribution in [1.82, 2.24) is 5.32 Å². The van der Waals surface area contributed by atoms with Crippen LogP contribution in [0.3, 0.4) is 0 Å². The van der Waals surface area contributed by atoms with Crippen LogP contribution in [0.2, 0.25) is 0 Å². The molecule has 1 aromatic rings. The van der Waals surface area contributed by atoms with E-state index in [1.54, 1.807) is 30.3 Å². The highest BCUT2D eigenvalue weighted by atomic mass is 19.4. The second kappa shape index (κ2) is 7.38. The number of aliphatic hydroxyl groups excluding tert-OH is 1. The highest BCUT2D eigenvalue weighted by Gasteiger charge is 2.32. The van der Waals surface area contributed by atoms with Gasteiger partial charge in [-0.1, -0.05) is 30.3 Å². The van der Waals surface area contributed by atoms with E-state index in [1.165, 1.54) is 0 Å². The summed E-state index contributed by atoms with van der Waals surface area (Å²) >= 11 is 0. The normalized spacial score (nSPS) is 13.6. The number of hydrogen-bond acceptors (Lipinski definition) is 2. The first-order valence-corrected chi connectivity index (χ1v) is 5.99. The molecule has 0 amide bonds. The average Bonchev–Trinajstić information content (AvgIpc) is 2.33. The van der Waals surface area contributed by atoms with Crippen molar-refractivity contribution in [2.45, 2.75) is 31.5 Å². The number of unbranched alkanes of at least 4 members (excludes halogenated alkanes) is 1. The molecule has 102 valence electrons. The Labute approximate surface area is 105 Å². The smallest absolute Gasteiger partial charge is 0.390 e. The molecule has 0 aromatic heterocycles. The first-order valence-electron chi connectivity index (χ1n) is 5.99. The maximum atomic E-state index is 12.5. The molecule has 0 saturated heterocycles. The lowest BCUT2D eigenvalue weighted by Gasteiger charge is -2.20.